The topological polar surface area (TPSA) is 59.0 Å². The number of carbonyl (C=O) groups excluding carboxylic acids is 1. The molecule has 0 saturated heterocycles. The Morgan fingerprint density at radius 3 is 2.53 bits per heavy atom. The third-order valence-corrected chi connectivity index (χ3v) is 6.45. The van der Waals surface area contributed by atoms with Crippen LogP contribution in [0.1, 0.15) is 63.9 Å². The summed E-state index contributed by atoms with van der Waals surface area (Å²) in [7, 11) is 0. The van der Waals surface area contributed by atoms with Crippen LogP contribution in [0.5, 0.6) is 0 Å². The molecule has 0 aliphatic heterocycles. The first kappa shape index (κ1) is 23.0. The van der Waals surface area contributed by atoms with Crippen molar-refractivity contribution in [3.63, 3.8) is 0 Å². The van der Waals surface area contributed by atoms with Crippen molar-refractivity contribution in [2.45, 2.75) is 66.0 Å². The second-order valence-electron chi connectivity index (χ2n) is 8.66. The van der Waals surface area contributed by atoms with E-state index in [1.54, 1.807) is 4.68 Å². The Labute approximate surface area is 189 Å². The summed E-state index contributed by atoms with van der Waals surface area (Å²) in [5, 5.41) is 11.8. The number of benzene rings is 1. The normalized spacial score (nSPS) is 19.2. The first-order chi connectivity index (χ1) is 14.3. The Morgan fingerprint density at radius 2 is 1.93 bits per heavy atom. The molecular weight excluding hydrogens is 419 g/mol. The summed E-state index contributed by atoms with van der Waals surface area (Å²) in [6.45, 7) is 9.68. The van der Waals surface area contributed by atoms with Gasteiger partial charge in [0, 0.05) is 30.4 Å². The number of carbonyl (C=O) groups is 1. The standard InChI is InChI=1S/C23H32Cl2N4O/c1-5-29-22(18-11-10-17(12-19(18)24)27-14(2)3)20(25)21(28-29)23(30)26-13-16-8-6-15(4)7-9-16/h10-12,14-16,27H,5-9,13H2,1-4H3,(H,26,30). The fourth-order valence-corrected chi connectivity index (χ4v) is 4.65. The van der Waals surface area contributed by atoms with Gasteiger partial charge in [-0.3, -0.25) is 9.48 Å². The Bertz CT molecular complexity index is 886. The second kappa shape index (κ2) is 10.1. The minimum Gasteiger partial charge on any atom is -0.383 e. The van der Waals surface area contributed by atoms with Gasteiger partial charge in [-0.1, -0.05) is 43.0 Å². The second-order valence-corrected chi connectivity index (χ2v) is 9.44. The Hall–Kier alpha value is -1.72. The highest BCUT2D eigenvalue weighted by Gasteiger charge is 2.25. The molecule has 1 aromatic heterocycles. The number of nitrogens with one attached hydrogen (secondary N) is 2. The number of aryl methyl sites for hydroxylation is 1. The molecule has 164 valence electrons. The van der Waals surface area contributed by atoms with Crippen LogP contribution in [0.4, 0.5) is 5.69 Å². The molecule has 0 spiro atoms. The van der Waals surface area contributed by atoms with Gasteiger partial charge in [0.15, 0.2) is 5.69 Å². The maximum absolute atomic E-state index is 12.8. The zero-order valence-electron chi connectivity index (χ0n) is 18.3. The number of hydrogen-bond acceptors (Lipinski definition) is 3. The highest BCUT2D eigenvalue weighted by atomic mass is 35.5. The lowest BCUT2D eigenvalue weighted by Crippen LogP contribution is -2.31. The molecule has 1 aliphatic rings. The van der Waals surface area contributed by atoms with E-state index in [4.69, 9.17) is 23.2 Å². The number of amides is 1. The summed E-state index contributed by atoms with van der Waals surface area (Å²) >= 11 is 13.2. The van der Waals surface area contributed by atoms with Crippen LogP contribution in [-0.2, 0) is 6.54 Å². The molecule has 7 heteroatoms. The zero-order valence-corrected chi connectivity index (χ0v) is 19.8. The molecule has 1 heterocycles. The lowest BCUT2D eigenvalue weighted by molar-refractivity contribution is 0.0936. The Kier molecular flexibility index (Phi) is 7.70. The van der Waals surface area contributed by atoms with Crippen LogP contribution in [0.2, 0.25) is 10.0 Å². The van der Waals surface area contributed by atoms with Gasteiger partial charge in [0.2, 0.25) is 0 Å². The number of aromatic nitrogens is 2. The minimum atomic E-state index is -0.221. The van der Waals surface area contributed by atoms with Gasteiger partial charge in [0.1, 0.15) is 0 Å². The van der Waals surface area contributed by atoms with Gasteiger partial charge < -0.3 is 10.6 Å². The van der Waals surface area contributed by atoms with Crippen molar-refractivity contribution in [3.8, 4) is 11.3 Å². The maximum atomic E-state index is 12.8. The molecule has 1 amide bonds. The summed E-state index contributed by atoms with van der Waals surface area (Å²) in [5.74, 6) is 1.11. The molecule has 30 heavy (non-hydrogen) atoms. The Morgan fingerprint density at radius 1 is 1.23 bits per heavy atom. The van der Waals surface area contributed by atoms with E-state index in [0.717, 1.165) is 30.0 Å². The van der Waals surface area contributed by atoms with Crippen LogP contribution in [0.25, 0.3) is 11.3 Å². The maximum Gasteiger partial charge on any atom is 0.273 e. The van der Waals surface area contributed by atoms with Gasteiger partial charge in [-0.2, -0.15) is 5.10 Å². The van der Waals surface area contributed by atoms with Crippen molar-refractivity contribution in [3.05, 3.63) is 33.9 Å². The van der Waals surface area contributed by atoms with E-state index in [2.05, 4.69) is 36.5 Å². The summed E-state index contributed by atoms with van der Waals surface area (Å²) in [5.41, 5.74) is 2.65. The fraction of sp³-hybridized carbons (Fsp3) is 0.565. The number of halogens is 2. The molecule has 1 fully saturated rings. The summed E-state index contributed by atoms with van der Waals surface area (Å²) in [6.07, 6.45) is 4.79. The molecule has 1 saturated carbocycles. The van der Waals surface area contributed by atoms with E-state index in [1.165, 1.54) is 12.8 Å². The lowest BCUT2D eigenvalue weighted by atomic mass is 9.83. The van der Waals surface area contributed by atoms with E-state index >= 15 is 0 Å². The highest BCUT2D eigenvalue weighted by Crippen LogP contribution is 2.37. The van der Waals surface area contributed by atoms with Gasteiger partial charge in [0.05, 0.1) is 15.7 Å². The van der Waals surface area contributed by atoms with Crippen LogP contribution in [0.15, 0.2) is 18.2 Å². The third kappa shape index (κ3) is 5.30. The van der Waals surface area contributed by atoms with Crippen molar-refractivity contribution in [1.82, 2.24) is 15.1 Å². The van der Waals surface area contributed by atoms with Gasteiger partial charge in [-0.25, -0.2) is 0 Å². The Balaban J connectivity index is 1.80. The highest BCUT2D eigenvalue weighted by molar-refractivity contribution is 6.38. The van der Waals surface area contributed by atoms with Gasteiger partial charge >= 0.3 is 0 Å². The van der Waals surface area contributed by atoms with Crippen LogP contribution < -0.4 is 10.6 Å². The van der Waals surface area contributed by atoms with Crippen molar-refractivity contribution in [2.75, 3.05) is 11.9 Å². The summed E-state index contributed by atoms with van der Waals surface area (Å²) in [4.78, 5) is 12.8. The average molecular weight is 451 g/mol. The van der Waals surface area contributed by atoms with E-state index < -0.39 is 0 Å². The summed E-state index contributed by atoms with van der Waals surface area (Å²) < 4.78 is 1.75. The summed E-state index contributed by atoms with van der Waals surface area (Å²) in [6, 6.07) is 6.07. The number of nitrogens with zero attached hydrogens (tertiary/aromatic N) is 2. The molecule has 0 radical (unpaired) electrons. The van der Waals surface area contributed by atoms with Crippen LogP contribution in [-0.4, -0.2) is 28.3 Å². The van der Waals surface area contributed by atoms with E-state index in [-0.39, 0.29) is 11.6 Å². The van der Waals surface area contributed by atoms with E-state index in [1.807, 2.05) is 25.1 Å². The number of rotatable bonds is 7. The van der Waals surface area contributed by atoms with Gasteiger partial charge in [-0.15, -0.1) is 0 Å². The molecule has 2 N–H and O–H groups in total. The molecule has 5 nitrogen and oxygen atoms in total. The SMILES string of the molecule is CCn1nc(C(=O)NCC2CCC(C)CC2)c(Cl)c1-c1ccc(NC(C)C)cc1Cl. The lowest BCUT2D eigenvalue weighted by Gasteiger charge is -2.26. The van der Waals surface area contributed by atoms with Crippen molar-refractivity contribution in [1.29, 1.82) is 0 Å². The molecule has 2 aromatic rings. The first-order valence-electron chi connectivity index (χ1n) is 10.9. The molecule has 1 aromatic carbocycles. The van der Waals surface area contributed by atoms with Crippen molar-refractivity contribution < 1.29 is 4.79 Å². The smallest absolute Gasteiger partial charge is 0.273 e. The fourth-order valence-electron chi connectivity index (χ4n) is 4.06. The monoisotopic (exact) mass is 450 g/mol. The van der Waals surface area contributed by atoms with Crippen LogP contribution in [0.3, 0.4) is 0 Å². The average Bonchev–Trinajstić information content (AvgIpc) is 3.03. The number of anilines is 1. The quantitative estimate of drug-likeness (QED) is 0.523. The molecular formula is C23H32Cl2N4O. The van der Waals surface area contributed by atoms with Gasteiger partial charge in [0.25, 0.3) is 5.91 Å². The van der Waals surface area contributed by atoms with Gasteiger partial charge in [-0.05, 0) is 63.6 Å². The number of hydrogen-bond donors (Lipinski definition) is 2. The first-order valence-corrected chi connectivity index (χ1v) is 11.7. The van der Waals surface area contributed by atoms with Crippen LogP contribution >= 0.6 is 23.2 Å². The molecule has 1 aliphatic carbocycles. The van der Waals surface area contributed by atoms with E-state index in [0.29, 0.717) is 40.8 Å². The van der Waals surface area contributed by atoms with E-state index in [9.17, 15) is 4.79 Å². The van der Waals surface area contributed by atoms with Crippen LogP contribution in [0, 0.1) is 11.8 Å². The predicted octanol–water partition coefficient (Wildman–Crippen LogP) is 6.25. The van der Waals surface area contributed by atoms with Crippen molar-refractivity contribution in [2.24, 2.45) is 11.8 Å². The zero-order chi connectivity index (χ0) is 21.8. The molecule has 0 bridgehead atoms. The molecule has 0 atom stereocenters. The molecule has 3 rings (SSSR count). The third-order valence-electron chi connectivity index (χ3n) is 5.78. The van der Waals surface area contributed by atoms with Crippen molar-refractivity contribution >= 4 is 34.8 Å². The minimum absolute atomic E-state index is 0.221. The largest absolute Gasteiger partial charge is 0.383 e. The molecule has 0 unspecified atom stereocenters. The predicted molar refractivity (Wildman–Crippen MR) is 126 cm³/mol.